The first-order valence-corrected chi connectivity index (χ1v) is 5.86. The molecule has 0 radical (unpaired) electrons. The summed E-state index contributed by atoms with van der Waals surface area (Å²) in [6.45, 7) is 5.37. The van der Waals surface area contributed by atoms with Crippen molar-refractivity contribution >= 4 is 5.82 Å². The second kappa shape index (κ2) is 5.25. The van der Waals surface area contributed by atoms with E-state index in [-0.39, 0.29) is 0 Å². The van der Waals surface area contributed by atoms with Crippen molar-refractivity contribution in [3.63, 3.8) is 0 Å². The average Bonchev–Trinajstić information content (AvgIpc) is 2.79. The molecule has 1 atom stereocenters. The zero-order valence-electron chi connectivity index (χ0n) is 9.62. The normalized spacial score (nSPS) is 18.6. The van der Waals surface area contributed by atoms with Crippen LogP contribution in [-0.4, -0.2) is 35.6 Å². The molecule has 1 aromatic rings. The van der Waals surface area contributed by atoms with Crippen molar-refractivity contribution in [1.82, 2.24) is 9.88 Å². The van der Waals surface area contributed by atoms with E-state index in [1.54, 1.807) is 12.1 Å². The number of hydrogen-bond acceptors (Lipinski definition) is 3. The van der Waals surface area contributed by atoms with Gasteiger partial charge in [-0.3, -0.25) is 4.90 Å². The van der Waals surface area contributed by atoms with Crippen molar-refractivity contribution in [3.05, 3.63) is 24.1 Å². The highest BCUT2D eigenvalue weighted by molar-refractivity contribution is 5.33. The minimum Gasteiger partial charge on any atom is -0.368 e. The average molecular weight is 223 g/mol. The molecule has 0 bridgehead atoms. The number of halogens is 1. The molecule has 2 rings (SSSR count). The summed E-state index contributed by atoms with van der Waals surface area (Å²) in [4.78, 5) is 6.23. The Labute approximate surface area is 95.7 Å². The molecule has 0 aliphatic carbocycles. The highest BCUT2D eigenvalue weighted by Crippen LogP contribution is 2.12. The van der Waals surface area contributed by atoms with Crippen LogP contribution < -0.4 is 5.32 Å². The Morgan fingerprint density at radius 2 is 2.19 bits per heavy atom. The van der Waals surface area contributed by atoms with E-state index in [1.165, 1.54) is 32.0 Å². The minimum atomic E-state index is -0.432. The number of aromatic nitrogens is 1. The molecule has 1 fully saturated rings. The molecule has 0 saturated carbocycles. The SMILES string of the molecule is CC(CNc1cccc(F)n1)N1CCCC1. The minimum absolute atomic E-state index is 0.432. The summed E-state index contributed by atoms with van der Waals surface area (Å²) in [7, 11) is 0. The van der Waals surface area contributed by atoms with Crippen molar-refractivity contribution in [2.24, 2.45) is 0 Å². The molecule has 4 heteroatoms. The molecule has 1 aromatic heterocycles. The number of hydrogen-bond donors (Lipinski definition) is 1. The number of pyridine rings is 1. The Morgan fingerprint density at radius 1 is 1.44 bits per heavy atom. The summed E-state index contributed by atoms with van der Waals surface area (Å²) in [5.74, 6) is 0.185. The lowest BCUT2D eigenvalue weighted by Gasteiger charge is -2.24. The number of likely N-dealkylation sites (tertiary alicyclic amines) is 1. The summed E-state index contributed by atoms with van der Waals surface area (Å²) in [6.07, 6.45) is 2.59. The maximum absolute atomic E-state index is 12.8. The Kier molecular flexibility index (Phi) is 3.72. The zero-order valence-corrected chi connectivity index (χ0v) is 9.62. The van der Waals surface area contributed by atoms with Crippen molar-refractivity contribution in [2.75, 3.05) is 25.0 Å². The molecule has 1 aliphatic rings. The third kappa shape index (κ3) is 2.92. The summed E-state index contributed by atoms with van der Waals surface area (Å²) in [5.41, 5.74) is 0. The summed E-state index contributed by atoms with van der Waals surface area (Å²) >= 11 is 0. The summed E-state index contributed by atoms with van der Waals surface area (Å²) in [5, 5.41) is 3.17. The van der Waals surface area contributed by atoms with Crippen LogP contribution in [-0.2, 0) is 0 Å². The molecule has 2 heterocycles. The van der Waals surface area contributed by atoms with Crippen LogP contribution in [0.1, 0.15) is 19.8 Å². The van der Waals surface area contributed by atoms with Gasteiger partial charge in [-0.2, -0.15) is 4.39 Å². The Morgan fingerprint density at radius 3 is 2.88 bits per heavy atom. The maximum Gasteiger partial charge on any atom is 0.214 e. The lowest BCUT2D eigenvalue weighted by molar-refractivity contribution is 0.269. The van der Waals surface area contributed by atoms with Crippen LogP contribution in [0.15, 0.2) is 18.2 Å². The number of nitrogens with zero attached hydrogens (tertiary/aromatic N) is 2. The third-order valence-electron chi connectivity index (χ3n) is 3.06. The highest BCUT2D eigenvalue weighted by atomic mass is 19.1. The quantitative estimate of drug-likeness (QED) is 0.792. The molecule has 1 aliphatic heterocycles. The topological polar surface area (TPSA) is 28.2 Å². The first-order chi connectivity index (χ1) is 7.75. The van der Waals surface area contributed by atoms with E-state index in [0.29, 0.717) is 11.9 Å². The van der Waals surface area contributed by atoms with E-state index in [4.69, 9.17) is 0 Å². The van der Waals surface area contributed by atoms with Crippen LogP contribution in [0.25, 0.3) is 0 Å². The summed E-state index contributed by atoms with van der Waals surface area (Å²) < 4.78 is 12.8. The van der Waals surface area contributed by atoms with Crippen LogP contribution in [0.4, 0.5) is 10.2 Å². The van der Waals surface area contributed by atoms with E-state index >= 15 is 0 Å². The standard InChI is InChI=1S/C12H18FN3/c1-10(16-7-2-3-8-16)9-14-12-6-4-5-11(13)15-12/h4-6,10H,2-3,7-9H2,1H3,(H,14,15). The van der Waals surface area contributed by atoms with Crippen LogP contribution >= 0.6 is 0 Å². The fraction of sp³-hybridized carbons (Fsp3) is 0.583. The molecule has 1 unspecified atom stereocenters. The van der Waals surface area contributed by atoms with E-state index in [0.717, 1.165) is 6.54 Å². The van der Waals surface area contributed by atoms with Crippen LogP contribution in [0.3, 0.4) is 0 Å². The van der Waals surface area contributed by atoms with Crippen molar-refractivity contribution < 1.29 is 4.39 Å². The number of nitrogens with one attached hydrogen (secondary N) is 1. The molecule has 0 amide bonds. The largest absolute Gasteiger partial charge is 0.368 e. The molecule has 16 heavy (non-hydrogen) atoms. The van der Waals surface area contributed by atoms with Gasteiger partial charge in [-0.1, -0.05) is 6.07 Å². The monoisotopic (exact) mass is 223 g/mol. The molecule has 1 saturated heterocycles. The lowest BCUT2D eigenvalue weighted by atomic mass is 10.3. The van der Waals surface area contributed by atoms with Gasteiger partial charge in [-0.05, 0) is 45.0 Å². The second-order valence-electron chi connectivity index (χ2n) is 4.32. The number of rotatable bonds is 4. The van der Waals surface area contributed by atoms with E-state index in [9.17, 15) is 4.39 Å². The van der Waals surface area contributed by atoms with Gasteiger partial charge in [0.1, 0.15) is 5.82 Å². The van der Waals surface area contributed by atoms with Gasteiger partial charge in [-0.15, -0.1) is 0 Å². The fourth-order valence-corrected chi connectivity index (χ4v) is 2.07. The van der Waals surface area contributed by atoms with Crippen LogP contribution in [0.5, 0.6) is 0 Å². The smallest absolute Gasteiger partial charge is 0.214 e. The van der Waals surface area contributed by atoms with E-state index in [1.807, 2.05) is 0 Å². The van der Waals surface area contributed by atoms with Crippen molar-refractivity contribution in [3.8, 4) is 0 Å². The predicted molar refractivity (Wildman–Crippen MR) is 63.0 cm³/mol. The fourth-order valence-electron chi connectivity index (χ4n) is 2.07. The van der Waals surface area contributed by atoms with Gasteiger partial charge in [0.15, 0.2) is 0 Å². The van der Waals surface area contributed by atoms with Gasteiger partial charge in [-0.25, -0.2) is 4.98 Å². The van der Waals surface area contributed by atoms with Gasteiger partial charge >= 0.3 is 0 Å². The molecular formula is C12H18FN3. The molecule has 3 nitrogen and oxygen atoms in total. The van der Waals surface area contributed by atoms with E-state index < -0.39 is 5.95 Å². The number of anilines is 1. The van der Waals surface area contributed by atoms with Gasteiger partial charge in [0, 0.05) is 12.6 Å². The van der Waals surface area contributed by atoms with Crippen LogP contribution in [0, 0.1) is 5.95 Å². The Bertz CT molecular complexity index is 337. The Balaban J connectivity index is 1.82. The third-order valence-corrected chi connectivity index (χ3v) is 3.06. The molecule has 0 aromatic carbocycles. The van der Waals surface area contributed by atoms with Gasteiger partial charge in [0.05, 0.1) is 0 Å². The van der Waals surface area contributed by atoms with E-state index in [2.05, 4.69) is 22.1 Å². The van der Waals surface area contributed by atoms with Gasteiger partial charge < -0.3 is 5.32 Å². The molecule has 1 N–H and O–H groups in total. The van der Waals surface area contributed by atoms with Crippen molar-refractivity contribution in [1.29, 1.82) is 0 Å². The predicted octanol–water partition coefficient (Wildman–Crippen LogP) is 2.12. The van der Waals surface area contributed by atoms with Gasteiger partial charge in [0.2, 0.25) is 5.95 Å². The Hall–Kier alpha value is -1.16. The highest BCUT2D eigenvalue weighted by Gasteiger charge is 2.17. The second-order valence-corrected chi connectivity index (χ2v) is 4.32. The first kappa shape index (κ1) is 11.3. The van der Waals surface area contributed by atoms with Gasteiger partial charge in [0.25, 0.3) is 0 Å². The summed E-state index contributed by atoms with van der Waals surface area (Å²) in [6, 6.07) is 5.30. The molecule has 88 valence electrons. The zero-order chi connectivity index (χ0) is 11.4. The lowest BCUT2D eigenvalue weighted by Crippen LogP contribution is -2.35. The van der Waals surface area contributed by atoms with Crippen molar-refractivity contribution in [2.45, 2.75) is 25.8 Å². The maximum atomic E-state index is 12.8. The first-order valence-electron chi connectivity index (χ1n) is 5.86. The molecular weight excluding hydrogens is 205 g/mol. The van der Waals surface area contributed by atoms with Crippen LogP contribution in [0.2, 0.25) is 0 Å². The molecule has 0 spiro atoms.